The molecular weight excluding hydrogens is 342 g/mol. The number of ether oxygens (including phenoxy) is 1. The molecular formula is C14H15BrClN3O. The number of aromatic nitrogens is 2. The van der Waals surface area contributed by atoms with Gasteiger partial charge in [0.25, 0.3) is 0 Å². The van der Waals surface area contributed by atoms with Crippen LogP contribution >= 0.6 is 27.5 Å². The molecule has 0 spiro atoms. The highest BCUT2D eigenvalue weighted by atomic mass is 79.9. The molecule has 1 aromatic carbocycles. The second-order valence-electron chi connectivity index (χ2n) is 4.37. The molecule has 6 heteroatoms. The summed E-state index contributed by atoms with van der Waals surface area (Å²) in [6.07, 6.45) is 1.68. The first-order valence-corrected chi connectivity index (χ1v) is 7.25. The number of rotatable bonds is 4. The minimum absolute atomic E-state index is 0.0968. The maximum Gasteiger partial charge on any atom is 0.232 e. The van der Waals surface area contributed by atoms with Crippen molar-refractivity contribution in [1.29, 1.82) is 0 Å². The maximum absolute atomic E-state index is 6.03. The molecule has 0 aliphatic rings. The van der Waals surface area contributed by atoms with Crippen LogP contribution < -0.4 is 9.64 Å². The molecule has 0 aliphatic heterocycles. The van der Waals surface area contributed by atoms with Crippen molar-refractivity contribution in [3.8, 4) is 5.88 Å². The molecule has 4 nitrogen and oxygen atoms in total. The standard InChI is InChI=1S/C14H15BrClN3O/c1-9(10-5-4-6-11(16)7-10)19(2)14-17-8-12(15)13(18-14)20-3/h4-9H,1-3H3. The lowest BCUT2D eigenvalue weighted by Crippen LogP contribution is -2.23. The fourth-order valence-corrected chi connectivity index (χ4v) is 2.37. The van der Waals surface area contributed by atoms with Crippen LogP contribution in [0.1, 0.15) is 18.5 Å². The predicted molar refractivity (Wildman–Crippen MR) is 84.6 cm³/mol. The zero-order valence-corrected chi connectivity index (χ0v) is 13.8. The largest absolute Gasteiger partial charge is 0.480 e. The first kappa shape index (κ1) is 15.1. The Morgan fingerprint density at radius 2 is 2.15 bits per heavy atom. The molecule has 2 aromatic rings. The van der Waals surface area contributed by atoms with Crippen molar-refractivity contribution in [2.45, 2.75) is 13.0 Å². The van der Waals surface area contributed by atoms with E-state index in [0.717, 1.165) is 15.1 Å². The molecule has 0 aliphatic carbocycles. The van der Waals surface area contributed by atoms with Crippen molar-refractivity contribution >= 4 is 33.5 Å². The lowest BCUT2D eigenvalue weighted by molar-refractivity contribution is 0.393. The van der Waals surface area contributed by atoms with Crippen LogP contribution in [0.25, 0.3) is 0 Å². The van der Waals surface area contributed by atoms with E-state index >= 15 is 0 Å². The van der Waals surface area contributed by atoms with Crippen LogP contribution in [0.3, 0.4) is 0 Å². The topological polar surface area (TPSA) is 38.2 Å². The Hall–Kier alpha value is -1.33. The molecule has 106 valence electrons. The van der Waals surface area contributed by atoms with Crippen LogP contribution in [0.15, 0.2) is 34.9 Å². The highest BCUT2D eigenvalue weighted by Gasteiger charge is 2.16. The van der Waals surface area contributed by atoms with Gasteiger partial charge in [-0.3, -0.25) is 0 Å². The van der Waals surface area contributed by atoms with Gasteiger partial charge in [0.05, 0.1) is 23.8 Å². The molecule has 0 saturated heterocycles. The normalized spacial score (nSPS) is 12.1. The zero-order chi connectivity index (χ0) is 14.7. The van der Waals surface area contributed by atoms with Crippen molar-refractivity contribution in [2.24, 2.45) is 0 Å². The van der Waals surface area contributed by atoms with Gasteiger partial charge in [0, 0.05) is 12.1 Å². The van der Waals surface area contributed by atoms with Gasteiger partial charge in [-0.2, -0.15) is 4.98 Å². The summed E-state index contributed by atoms with van der Waals surface area (Å²) in [5.41, 5.74) is 1.10. The third kappa shape index (κ3) is 3.22. The maximum atomic E-state index is 6.03. The molecule has 1 heterocycles. The van der Waals surface area contributed by atoms with Gasteiger partial charge in [0.2, 0.25) is 11.8 Å². The fourth-order valence-electron chi connectivity index (χ4n) is 1.82. The summed E-state index contributed by atoms with van der Waals surface area (Å²) in [5.74, 6) is 1.11. The van der Waals surface area contributed by atoms with E-state index in [1.165, 1.54) is 0 Å². The van der Waals surface area contributed by atoms with Gasteiger partial charge in [0.1, 0.15) is 0 Å². The number of methoxy groups -OCH3 is 1. The fraction of sp³-hybridized carbons (Fsp3) is 0.286. The summed E-state index contributed by atoms with van der Waals surface area (Å²) in [7, 11) is 3.52. The first-order chi connectivity index (χ1) is 9.52. The third-order valence-electron chi connectivity index (χ3n) is 3.12. The number of hydrogen-bond acceptors (Lipinski definition) is 4. The lowest BCUT2D eigenvalue weighted by atomic mass is 10.1. The van der Waals surface area contributed by atoms with E-state index in [1.807, 2.05) is 36.2 Å². The van der Waals surface area contributed by atoms with Crippen LogP contribution in [-0.2, 0) is 0 Å². The summed E-state index contributed by atoms with van der Waals surface area (Å²) >= 11 is 9.38. The average molecular weight is 357 g/mol. The predicted octanol–water partition coefficient (Wildman–Crippen LogP) is 4.10. The van der Waals surface area contributed by atoms with Gasteiger partial charge < -0.3 is 9.64 Å². The molecule has 0 fully saturated rings. The minimum Gasteiger partial charge on any atom is -0.480 e. The van der Waals surface area contributed by atoms with Crippen molar-refractivity contribution in [1.82, 2.24) is 9.97 Å². The van der Waals surface area contributed by atoms with E-state index in [9.17, 15) is 0 Å². The van der Waals surface area contributed by atoms with Crippen molar-refractivity contribution in [2.75, 3.05) is 19.1 Å². The Morgan fingerprint density at radius 1 is 1.40 bits per heavy atom. The third-order valence-corrected chi connectivity index (χ3v) is 3.90. The molecule has 0 N–H and O–H groups in total. The van der Waals surface area contributed by atoms with E-state index in [2.05, 4.69) is 32.8 Å². The van der Waals surface area contributed by atoms with Crippen LogP contribution in [0.5, 0.6) is 5.88 Å². The summed E-state index contributed by atoms with van der Waals surface area (Å²) in [5, 5.41) is 0.719. The van der Waals surface area contributed by atoms with E-state index in [0.29, 0.717) is 11.8 Å². The van der Waals surface area contributed by atoms with E-state index in [1.54, 1.807) is 13.3 Å². The van der Waals surface area contributed by atoms with Gasteiger partial charge in [-0.15, -0.1) is 0 Å². The highest BCUT2D eigenvalue weighted by molar-refractivity contribution is 9.10. The van der Waals surface area contributed by atoms with E-state index in [4.69, 9.17) is 16.3 Å². The number of benzene rings is 1. The second-order valence-corrected chi connectivity index (χ2v) is 5.66. The van der Waals surface area contributed by atoms with Crippen LogP contribution in [0.2, 0.25) is 5.02 Å². The first-order valence-electron chi connectivity index (χ1n) is 6.07. The number of halogens is 2. The molecule has 2 rings (SSSR count). The van der Waals surface area contributed by atoms with Crippen LogP contribution in [0, 0.1) is 0 Å². The second kappa shape index (κ2) is 6.41. The summed E-state index contributed by atoms with van der Waals surface area (Å²) < 4.78 is 5.92. The Morgan fingerprint density at radius 3 is 2.80 bits per heavy atom. The van der Waals surface area contributed by atoms with Gasteiger partial charge in [-0.05, 0) is 40.5 Å². The summed E-state index contributed by atoms with van der Waals surface area (Å²) in [4.78, 5) is 10.7. The number of anilines is 1. The molecule has 1 atom stereocenters. The molecule has 20 heavy (non-hydrogen) atoms. The monoisotopic (exact) mass is 355 g/mol. The average Bonchev–Trinajstić information content (AvgIpc) is 2.46. The lowest BCUT2D eigenvalue weighted by Gasteiger charge is -2.25. The summed E-state index contributed by atoms with van der Waals surface area (Å²) in [6, 6.07) is 7.86. The van der Waals surface area contributed by atoms with Crippen LogP contribution in [0.4, 0.5) is 5.95 Å². The quantitative estimate of drug-likeness (QED) is 0.827. The molecule has 1 unspecified atom stereocenters. The van der Waals surface area contributed by atoms with Gasteiger partial charge in [-0.25, -0.2) is 4.98 Å². The van der Waals surface area contributed by atoms with Gasteiger partial charge in [-0.1, -0.05) is 23.7 Å². The smallest absolute Gasteiger partial charge is 0.232 e. The zero-order valence-electron chi connectivity index (χ0n) is 11.5. The Labute approximate surface area is 131 Å². The number of nitrogens with zero attached hydrogens (tertiary/aromatic N) is 3. The van der Waals surface area contributed by atoms with Gasteiger partial charge in [0.15, 0.2) is 0 Å². The molecule has 0 bridgehead atoms. The SMILES string of the molecule is COc1nc(N(C)C(C)c2cccc(Cl)c2)ncc1Br. The number of hydrogen-bond donors (Lipinski definition) is 0. The Bertz CT molecular complexity index is 609. The minimum atomic E-state index is 0.0968. The summed E-state index contributed by atoms with van der Waals surface area (Å²) in [6.45, 7) is 2.07. The van der Waals surface area contributed by atoms with E-state index < -0.39 is 0 Å². The molecule has 1 aromatic heterocycles. The molecule has 0 amide bonds. The van der Waals surface area contributed by atoms with Crippen LogP contribution in [-0.4, -0.2) is 24.1 Å². The van der Waals surface area contributed by atoms with Crippen molar-refractivity contribution in [3.63, 3.8) is 0 Å². The Balaban J connectivity index is 2.28. The molecule has 0 saturated carbocycles. The van der Waals surface area contributed by atoms with Crippen molar-refractivity contribution < 1.29 is 4.74 Å². The molecule has 0 radical (unpaired) electrons. The van der Waals surface area contributed by atoms with Gasteiger partial charge >= 0.3 is 0 Å². The van der Waals surface area contributed by atoms with Crippen molar-refractivity contribution in [3.05, 3.63) is 45.5 Å². The highest BCUT2D eigenvalue weighted by Crippen LogP contribution is 2.28. The van der Waals surface area contributed by atoms with E-state index in [-0.39, 0.29) is 6.04 Å². The Kier molecular flexibility index (Phi) is 4.83.